The van der Waals surface area contributed by atoms with E-state index in [1.165, 1.54) is 0 Å². The monoisotopic (exact) mass is 414 g/mol. The summed E-state index contributed by atoms with van der Waals surface area (Å²) < 4.78 is 164. The lowest BCUT2D eigenvalue weighted by molar-refractivity contribution is -0.475. The smallest absolute Gasteiger partial charge is 0.311 e. The highest BCUT2D eigenvalue weighted by atomic mass is 19.4. The molecule has 0 saturated carbocycles. The first kappa shape index (κ1) is 24.6. The van der Waals surface area contributed by atoms with Crippen LogP contribution in [0.5, 0.6) is 0 Å². The van der Waals surface area contributed by atoms with Crippen LogP contribution in [0.2, 0.25) is 0 Å². The molecule has 154 valence electrons. The van der Waals surface area contributed by atoms with E-state index >= 15 is 0 Å². The van der Waals surface area contributed by atoms with Gasteiger partial charge in [-0.05, 0) is 0 Å². The Morgan fingerprint density at radius 1 is 0.500 bits per heavy atom. The van der Waals surface area contributed by atoms with Crippen LogP contribution in [-0.4, -0.2) is 49.1 Å². The molecule has 2 nitrogen and oxygen atoms in total. The lowest BCUT2D eigenvalue weighted by Gasteiger charge is -2.40. The zero-order valence-corrected chi connectivity index (χ0v) is 12.3. The summed E-state index contributed by atoms with van der Waals surface area (Å²) in [5.41, 5.74) is 0. The highest BCUT2D eigenvalue weighted by Crippen LogP contribution is 2.60. The van der Waals surface area contributed by atoms with Gasteiger partial charge in [0.2, 0.25) is 0 Å². The average molecular weight is 414 g/mol. The normalized spacial score (nSPS) is 15.1. The van der Waals surface area contributed by atoms with E-state index in [1.54, 1.807) is 0 Å². The molecule has 0 fully saturated rings. The van der Waals surface area contributed by atoms with E-state index in [1.807, 2.05) is 0 Å². The summed E-state index contributed by atoms with van der Waals surface area (Å²) in [5.74, 6) is -30.1. The van der Waals surface area contributed by atoms with Crippen LogP contribution in [0.3, 0.4) is 0 Å². The fraction of sp³-hybridized carbons (Fsp3) is 0.667. The summed E-state index contributed by atoms with van der Waals surface area (Å²) in [4.78, 5) is 0. The van der Waals surface area contributed by atoms with Crippen LogP contribution in [0.1, 0.15) is 0 Å². The highest BCUT2D eigenvalue weighted by Gasteiger charge is 2.91. The standard InChI is InChI=1S/C12H10F12O2/c1-3-5-25-11(21,22)9(17,18)7(13,14)8(15,16)10(19,20)12(23,24)26-6-4-2/h3-4H,1-2,5-6H2. The summed E-state index contributed by atoms with van der Waals surface area (Å²) in [6.45, 7) is 2.18. The van der Waals surface area contributed by atoms with Crippen molar-refractivity contribution in [2.24, 2.45) is 0 Å². The van der Waals surface area contributed by atoms with Crippen LogP contribution >= 0.6 is 0 Å². The van der Waals surface area contributed by atoms with Crippen molar-refractivity contribution in [2.45, 2.75) is 35.9 Å². The van der Waals surface area contributed by atoms with E-state index in [-0.39, 0.29) is 0 Å². The Hall–Kier alpha value is -1.44. The third kappa shape index (κ3) is 3.66. The van der Waals surface area contributed by atoms with Gasteiger partial charge in [-0.25, -0.2) is 0 Å². The topological polar surface area (TPSA) is 18.5 Å². The fourth-order valence-corrected chi connectivity index (χ4v) is 1.27. The first-order valence-corrected chi connectivity index (χ1v) is 6.14. The molecular weight excluding hydrogens is 404 g/mol. The molecule has 0 spiro atoms. The Balaban J connectivity index is 6.13. The van der Waals surface area contributed by atoms with Gasteiger partial charge in [-0.15, -0.1) is 13.2 Å². The van der Waals surface area contributed by atoms with Crippen LogP contribution in [-0.2, 0) is 9.47 Å². The second kappa shape index (κ2) is 7.29. The maximum Gasteiger partial charge on any atom is 0.426 e. The summed E-state index contributed by atoms with van der Waals surface area (Å²) >= 11 is 0. The van der Waals surface area contributed by atoms with Gasteiger partial charge >= 0.3 is 35.9 Å². The van der Waals surface area contributed by atoms with Crippen LogP contribution in [0.25, 0.3) is 0 Å². The molecule has 0 N–H and O–H groups in total. The number of hydrogen-bond donors (Lipinski definition) is 0. The minimum Gasteiger partial charge on any atom is -0.311 e. The fourth-order valence-electron chi connectivity index (χ4n) is 1.27. The summed E-state index contributed by atoms with van der Waals surface area (Å²) in [7, 11) is 0. The van der Waals surface area contributed by atoms with Crippen molar-refractivity contribution in [3.05, 3.63) is 25.3 Å². The van der Waals surface area contributed by atoms with Gasteiger partial charge in [-0.2, -0.15) is 52.7 Å². The Kier molecular flexibility index (Phi) is 6.89. The predicted molar refractivity (Wildman–Crippen MR) is 62.0 cm³/mol. The Bertz CT molecular complexity index is 468. The van der Waals surface area contributed by atoms with Gasteiger partial charge in [0.25, 0.3) is 0 Å². The van der Waals surface area contributed by atoms with Crippen molar-refractivity contribution in [1.29, 1.82) is 0 Å². The van der Waals surface area contributed by atoms with Gasteiger partial charge in [-0.1, -0.05) is 12.2 Å². The lowest BCUT2D eigenvalue weighted by Crippen LogP contribution is -2.71. The van der Waals surface area contributed by atoms with Crippen molar-refractivity contribution in [3.8, 4) is 0 Å². The Morgan fingerprint density at radius 2 is 0.731 bits per heavy atom. The highest BCUT2D eigenvalue weighted by molar-refractivity contribution is 5.09. The predicted octanol–water partition coefficient (Wildman–Crippen LogP) is 5.12. The zero-order chi connectivity index (χ0) is 21.2. The second-order valence-corrected chi connectivity index (χ2v) is 4.53. The minimum absolute atomic E-state index is 0.312. The maximum atomic E-state index is 13.3. The van der Waals surface area contributed by atoms with Gasteiger partial charge in [-0.3, -0.25) is 0 Å². The molecule has 0 aromatic carbocycles. The van der Waals surface area contributed by atoms with Crippen LogP contribution in [0, 0.1) is 0 Å². The molecule has 0 aliphatic carbocycles. The second-order valence-electron chi connectivity index (χ2n) is 4.53. The number of halogens is 12. The van der Waals surface area contributed by atoms with Gasteiger partial charge in [0, 0.05) is 0 Å². The molecule has 0 radical (unpaired) electrons. The molecule has 0 aromatic heterocycles. The van der Waals surface area contributed by atoms with Gasteiger partial charge in [0.15, 0.2) is 0 Å². The van der Waals surface area contributed by atoms with Gasteiger partial charge in [0.1, 0.15) is 0 Å². The lowest BCUT2D eigenvalue weighted by atomic mass is 9.97. The minimum atomic E-state index is -7.70. The Labute approximate surface area is 138 Å². The summed E-state index contributed by atoms with van der Waals surface area (Å²) in [6.07, 6.45) is -12.3. The first-order valence-electron chi connectivity index (χ1n) is 6.14. The van der Waals surface area contributed by atoms with E-state index < -0.39 is 49.1 Å². The van der Waals surface area contributed by atoms with Crippen molar-refractivity contribution in [3.63, 3.8) is 0 Å². The molecule has 14 heteroatoms. The molecule has 0 heterocycles. The molecule has 0 unspecified atom stereocenters. The quantitative estimate of drug-likeness (QED) is 0.345. The molecule has 26 heavy (non-hydrogen) atoms. The van der Waals surface area contributed by atoms with Gasteiger partial charge in [0.05, 0.1) is 13.2 Å². The van der Waals surface area contributed by atoms with Crippen molar-refractivity contribution >= 4 is 0 Å². The summed E-state index contributed by atoms with van der Waals surface area (Å²) in [5, 5.41) is 0. The first-order chi connectivity index (χ1) is 11.4. The molecule has 0 aromatic rings. The molecule has 0 bridgehead atoms. The molecule has 0 aliphatic heterocycles. The number of rotatable bonds is 11. The third-order valence-corrected chi connectivity index (χ3v) is 2.68. The van der Waals surface area contributed by atoms with E-state index in [9.17, 15) is 52.7 Å². The number of hydrogen-bond acceptors (Lipinski definition) is 2. The molecule has 0 saturated heterocycles. The van der Waals surface area contributed by atoms with E-state index in [4.69, 9.17) is 0 Å². The van der Waals surface area contributed by atoms with Crippen LogP contribution < -0.4 is 0 Å². The number of ether oxygens (including phenoxy) is 2. The van der Waals surface area contributed by atoms with Crippen molar-refractivity contribution in [1.82, 2.24) is 0 Å². The Morgan fingerprint density at radius 3 is 0.923 bits per heavy atom. The van der Waals surface area contributed by atoms with E-state index in [0.29, 0.717) is 12.2 Å². The van der Waals surface area contributed by atoms with Crippen molar-refractivity contribution in [2.75, 3.05) is 13.2 Å². The molecule has 0 amide bonds. The average Bonchev–Trinajstić information content (AvgIpc) is 2.49. The van der Waals surface area contributed by atoms with Gasteiger partial charge < -0.3 is 9.47 Å². The SMILES string of the molecule is C=CCOC(F)(F)C(F)(F)C(F)(F)C(F)(F)C(F)(F)C(F)(F)OCC=C. The van der Waals surface area contributed by atoms with E-state index in [0.717, 1.165) is 0 Å². The molecular formula is C12H10F12O2. The van der Waals surface area contributed by atoms with Crippen LogP contribution in [0.15, 0.2) is 25.3 Å². The molecule has 0 atom stereocenters. The maximum absolute atomic E-state index is 13.3. The van der Waals surface area contributed by atoms with Crippen LogP contribution in [0.4, 0.5) is 52.7 Å². The summed E-state index contributed by atoms with van der Waals surface area (Å²) in [6, 6.07) is 0. The zero-order valence-electron chi connectivity index (χ0n) is 12.3. The molecule has 0 aliphatic rings. The number of alkyl halides is 12. The molecule has 0 rings (SSSR count). The largest absolute Gasteiger partial charge is 0.426 e. The van der Waals surface area contributed by atoms with E-state index in [2.05, 4.69) is 22.6 Å². The van der Waals surface area contributed by atoms with Crippen molar-refractivity contribution < 1.29 is 62.2 Å². The third-order valence-electron chi connectivity index (χ3n) is 2.68.